The van der Waals surface area contributed by atoms with Crippen molar-refractivity contribution in [2.24, 2.45) is 9.98 Å². The SMILES string of the molecule is C=N.C=NC(=NCC1=CC=CC(c2ccccc2)=CC1)c1ccccc1.Cc1nc(-c2cccc(-c3ccccn3)c2)nc(-c2cccc(-c3ccccn3)c2)n1. The number of aromatic nitrogens is 5. The fraction of sp³-hybridized carbons (Fsp3) is 0.0612. The topological polar surface area (TPSA) is 113 Å². The number of nitrogens with one attached hydrogen (secondary N) is 1. The largest absolute Gasteiger partial charge is 0.317 e. The minimum Gasteiger partial charge on any atom is -0.317 e. The Morgan fingerprint density at radius 2 is 1.14 bits per heavy atom. The molecule has 8 heteroatoms. The summed E-state index contributed by atoms with van der Waals surface area (Å²) in [5, 5.41) is 5.50. The van der Waals surface area contributed by atoms with Gasteiger partial charge in [-0.05, 0) is 79.9 Å². The van der Waals surface area contributed by atoms with Crippen LogP contribution in [0.2, 0.25) is 0 Å². The normalized spacial score (nSPS) is 12.1. The summed E-state index contributed by atoms with van der Waals surface area (Å²) >= 11 is 0. The first-order valence-corrected chi connectivity index (χ1v) is 18.4. The number of hydrogen-bond donors (Lipinski definition) is 1. The molecule has 1 N–H and O–H groups in total. The van der Waals surface area contributed by atoms with E-state index < -0.39 is 0 Å². The average molecular weight is 743 g/mol. The molecule has 0 unspecified atom stereocenters. The van der Waals surface area contributed by atoms with Crippen LogP contribution in [0.1, 0.15) is 23.4 Å². The van der Waals surface area contributed by atoms with Gasteiger partial charge >= 0.3 is 0 Å². The van der Waals surface area contributed by atoms with Gasteiger partial charge in [-0.25, -0.2) is 19.9 Å². The van der Waals surface area contributed by atoms with Crippen LogP contribution in [0.5, 0.6) is 0 Å². The fourth-order valence-corrected chi connectivity index (χ4v) is 6.07. The van der Waals surface area contributed by atoms with Crippen molar-refractivity contribution < 1.29 is 0 Å². The molecule has 1 aliphatic rings. The van der Waals surface area contributed by atoms with E-state index in [9.17, 15) is 0 Å². The van der Waals surface area contributed by atoms with E-state index in [0.29, 0.717) is 29.9 Å². The molecule has 0 fully saturated rings. The third-order valence-electron chi connectivity index (χ3n) is 8.82. The van der Waals surface area contributed by atoms with Gasteiger partial charge in [0, 0.05) is 40.2 Å². The molecule has 278 valence electrons. The minimum atomic E-state index is 0.631. The highest BCUT2D eigenvalue weighted by molar-refractivity contribution is 6.01. The molecule has 4 aromatic carbocycles. The maximum Gasteiger partial charge on any atom is 0.163 e. The second kappa shape index (κ2) is 20.2. The molecule has 8 rings (SSSR count). The molecule has 0 saturated heterocycles. The van der Waals surface area contributed by atoms with Gasteiger partial charge in [-0.1, -0.05) is 133 Å². The molecule has 0 saturated carbocycles. The lowest BCUT2D eigenvalue weighted by atomic mass is 10.0. The van der Waals surface area contributed by atoms with Crippen molar-refractivity contribution in [1.29, 1.82) is 5.41 Å². The van der Waals surface area contributed by atoms with Crippen LogP contribution in [0.3, 0.4) is 0 Å². The summed E-state index contributed by atoms with van der Waals surface area (Å²) in [6.45, 7) is 8.67. The maximum atomic E-state index is 5.50. The van der Waals surface area contributed by atoms with E-state index in [0.717, 1.165) is 45.6 Å². The second-order valence-corrected chi connectivity index (χ2v) is 12.7. The predicted octanol–water partition coefficient (Wildman–Crippen LogP) is 11.0. The van der Waals surface area contributed by atoms with E-state index >= 15 is 0 Å². The molecule has 3 heterocycles. The van der Waals surface area contributed by atoms with Crippen LogP contribution in [0.4, 0.5) is 0 Å². The highest BCUT2D eigenvalue weighted by atomic mass is 15.0. The number of aryl methyl sites for hydroxylation is 1. The Morgan fingerprint density at radius 3 is 1.68 bits per heavy atom. The van der Waals surface area contributed by atoms with Crippen LogP contribution in [-0.4, -0.2) is 50.7 Å². The van der Waals surface area contributed by atoms with E-state index in [-0.39, 0.29) is 0 Å². The molecule has 0 radical (unpaired) electrons. The van der Waals surface area contributed by atoms with Gasteiger partial charge in [-0.2, -0.15) is 0 Å². The number of pyridine rings is 2. The van der Waals surface area contributed by atoms with Crippen LogP contribution >= 0.6 is 0 Å². The molecule has 0 spiro atoms. The van der Waals surface area contributed by atoms with Gasteiger partial charge in [-0.3, -0.25) is 15.0 Å². The van der Waals surface area contributed by atoms with Crippen LogP contribution in [0.15, 0.2) is 198 Å². The first-order valence-electron chi connectivity index (χ1n) is 18.4. The summed E-state index contributed by atoms with van der Waals surface area (Å²) in [5.74, 6) is 2.65. The molecule has 0 bridgehead atoms. The highest BCUT2D eigenvalue weighted by Gasteiger charge is 2.11. The Morgan fingerprint density at radius 1 is 0.614 bits per heavy atom. The van der Waals surface area contributed by atoms with Gasteiger partial charge in [-0.15, -0.1) is 0 Å². The smallest absolute Gasteiger partial charge is 0.163 e. The molecule has 57 heavy (non-hydrogen) atoms. The van der Waals surface area contributed by atoms with E-state index in [1.807, 2.05) is 116 Å². The molecule has 7 aromatic rings. The van der Waals surface area contributed by atoms with Crippen LogP contribution in [-0.2, 0) is 0 Å². The zero-order chi connectivity index (χ0) is 39.7. The van der Waals surface area contributed by atoms with Gasteiger partial charge in [0.05, 0.1) is 17.9 Å². The minimum absolute atomic E-state index is 0.631. The molecule has 1 aliphatic carbocycles. The Hall–Kier alpha value is -7.58. The molecule has 0 atom stereocenters. The molecular formula is C49H42N8. The Balaban J connectivity index is 0.000000191. The number of hydrogen-bond acceptors (Lipinski definition) is 7. The van der Waals surface area contributed by atoms with E-state index in [2.05, 4.69) is 104 Å². The number of aliphatic imine (C=N–C) groups is 2. The van der Waals surface area contributed by atoms with E-state index in [4.69, 9.17) is 10.4 Å². The molecule has 0 amide bonds. The van der Waals surface area contributed by atoms with Gasteiger partial charge in [0.25, 0.3) is 0 Å². The molecule has 3 aromatic heterocycles. The van der Waals surface area contributed by atoms with E-state index in [1.165, 1.54) is 16.7 Å². The van der Waals surface area contributed by atoms with Crippen molar-refractivity contribution in [1.82, 2.24) is 24.9 Å². The third kappa shape index (κ3) is 10.8. The number of rotatable bonds is 8. The summed E-state index contributed by atoms with van der Waals surface area (Å²) in [6, 6.07) is 48.4. The van der Waals surface area contributed by atoms with E-state index in [1.54, 1.807) is 12.4 Å². The summed E-state index contributed by atoms with van der Waals surface area (Å²) in [6.07, 6.45) is 13.1. The summed E-state index contributed by atoms with van der Waals surface area (Å²) < 4.78 is 0. The van der Waals surface area contributed by atoms with Gasteiger partial charge < -0.3 is 5.41 Å². The summed E-state index contributed by atoms with van der Waals surface area (Å²) in [4.78, 5) is 31.6. The lowest BCUT2D eigenvalue weighted by Crippen LogP contribution is -2.00. The van der Waals surface area contributed by atoms with Gasteiger partial charge in [0.1, 0.15) is 5.82 Å². The van der Waals surface area contributed by atoms with Crippen molar-refractivity contribution >= 4 is 24.8 Å². The lowest BCUT2D eigenvalue weighted by Gasteiger charge is -2.08. The second-order valence-electron chi connectivity index (χ2n) is 12.7. The quantitative estimate of drug-likeness (QED) is 0.123. The molecule has 8 nitrogen and oxygen atoms in total. The number of nitrogens with zero attached hydrogens (tertiary/aromatic N) is 7. The van der Waals surface area contributed by atoms with Gasteiger partial charge in [0.2, 0.25) is 0 Å². The Labute approximate surface area is 334 Å². The molecular weight excluding hydrogens is 701 g/mol. The van der Waals surface area contributed by atoms with Crippen molar-refractivity contribution in [2.75, 3.05) is 6.54 Å². The fourth-order valence-electron chi connectivity index (χ4n) is 6.07. The summed E-state index contributed by atoms with van der Waals surface area (Å²) in [7, 11) is 0. The van der Waals surface area contributed by atoms with Crippen LogP contribution < -0.4 is 0 Å². The van der Waals surface area contributed by atoms with Gasteiger partial charge in [0.15, 0.2) is 17.5 Å². The van der Waals surface area contributed by atoms with Crippen LogP contribution in [0, 0.1) is 12.3 Å². The zero-order valence-corrected chi connectivity index (χ0v) is 31.8. The number of allylic oxidation sites excluding steroid dienone is 5. The first kappa shape index (κ1) is 39.1. The number of amidine groups is 1. The Kier molecular flexibility index (Phi) is 13.9. The third-order valence-corrected chi connectivity index (χ3v) is 8.82. The van der Waals surface area contributed by atoms with Crippen molar-refractivity contribution in [3.63, 3.8) is 0 Å². The standard InChI is InChI=1S/C26H19N5.C22H20N2.CH3N/c1-18-29-25(21-10-6-8-19(16-21)23-12-2-4-14-27-23)31-26(30-18)22-11-7-9-20(17-22)24-13-3-5-15-28-24;1-23-22(21-12-6-3-7-13-21)24-17-18-9-8-14-20(16-15-18)19-10-4-2-5-11-19;1-2/h2-17H,1H3;2-14,16H,1,15,17H2;2H,1H2. The van der Waals surface area contributed by atoms with Crippen molar-refractivity contribution in [3.8, 4) is 45.3 Å². The van der Waals surface area contributed by atoms with Crippen molar-refractivity contribution in [3.05, 3.63) is 205 Å². The molecule has 0 aliphatic heterocycles. The lowest BCUT2D eigenvalue weighted by molar-refractivity contribution is 0.992. The van der Waals surface area contributed by atoms with Crippen LogP contribution in [0.25, 0.3) is 50.9 Å². The number of benzene rings is 4. The highest BCUT2D eigenvalue weighted by Crippen LogP contribution is 2.27. The Bertz CT molecular complexity index is 2410. The monoisotopic (exact) mass is 742 g/mol. The average Bonchev–Trinajstić information content (AvgIpc) is 3.54. The van der Waals surface area contributed by atoms with Crippen molar-refractivity contribution in [2.45, 2.75) is 13.3 Å². The maximum absolute atomic E-state index is 5.50. The summed E-state index contributed by atoms with van der Waals surface area (Å²) in [5.41, 5.74) is 10.5. The first-order chi connectivity index (χ1) is 28.1. The zero-order valence-electron chi connectivity index (χ0n) is 31.8. The predicted molar refractivity (Wildman–Crippen MR) is 235 cm³/mol.